The van der Waals surface area contributed by atoms with Gasteiger partial charge in [-0.05, 0) is 6.42 Å². The van der Waals surface area contributed by atoms with Gasteiger partial charge in [-0.15, -0.1) is 0 Å². The van der Waals surface area contributed by atoms with Crippen LogP contribution >= 0.6 is 0 Å². The summed E-state index contributed by atoms with van der Waals surface area (Å²) in [5.41, 5.74) is 0. The van der Waals surface area contributed by atoms with Crippen molar-refractivity contribution in [2.75, 3.05) is 46.8 Å². The second-order valence-corrected chi connectivity index (χ2v) is 18.2. The molecule has 13 heterocycles. The molecule has 1 unspecified atom stereocenters. The van der Waals surface area contributed by atoms with Crippen molar-refractivity contribution < 1.29 is 158 Å². The van der Waals surface area contributed by atoms with E-state index in [4.69, 9.17) is 81.1 Å². The fourth-order valence-electron chi connectivity index (χ4n) is 9.90. The Morgan fingerprint density at radius 2 is 0.639 bits per heavy atom. The van der Waals surface area contributed by atoms with E-state index in [9.17, 15) is 76.6 Å². The average Bonchev–Trinajstić information content (AvgIpc) is 3.37. The van der Waals surface area contributed by atoms with Gasteiger partial charge < -0.3 is 143 Å². The Balaban J connectivity index is 1.22. The molecule has 72 heavy (non-hydrogen) atoms. The van der Waals surface area contributed by atoms with Crippen LogP contribution in [0.1, 0.15) is 13.3 Å². The summed E-state index contributed by atoms with van der Waals surface area (Å²) in [5, 5.41) is 173. The van der Waals surface area contributed by atoms with Crippen molar-refractivity contribution in [3.63, 3.8) is 0 Å². The predicted octanol–water partition coefficient (Wildman–Crippen LogP) is -10.7. The number of hydrogen-bond donors (Lipinski definition) is 15. The third-order valence-electron chi connectivity index (χ3n) is 13.8. The van der Waals surface area contributed by atoms with Crippen molar-refractivity contribution >= 4 is 0 Å². The van der Waals surface area contributed by atoms with Crippen LogP contribution in [0.4, 0.5) is 0 Å². The van der Waals surface area contributed by atoms with Crippen LogP contribution in [-0.2, 0) is 81.1 Å². The van der Waals surface area contributed by atoms with Crippen molar-refractivity contribution in [2.24, 2.45) is 0 Å². The quantitative estimate of drug-likeness (QED) is 0.0713. The Kier molecular flexibility index (Phi) is 19.4. The molecule has 13 aliphatic heterocycles. The fourth-order valence-corrected chi connectivity index (χ4v) is 9.90. The number of methoxy groups -OCH3 is 1. The van der Waals surface area contributed by atoms with Crippen LogP contribution in [0.15, 0.2) is 0 Å². The second-order valence-electron chi connectivity index (χ2n) is 18.2. The van der Waals surface area contributed by atoms with Crippen LogP contribution < -0.4 is 0 Å². The molecule has 0 aromatic carbocycles. The monoisotopic (exact) mass is 1060 g/mol. The summed E-state index contributed by atoms with van der Waals surface area (Å²) < 4.78 is 82.6. The first kappa shape index (κ1) is 56.9. The topological polar surface area (TPSA) is 460 Å². The van der Waals surface area contributed by atoms with E-state index in [0.29, 0.717) is 0 Å². The first-order valence-corrected chi connectivity index (χ1v) is 23.4. The number of aliphatic hydroxyl groups is 15. The van der Waals surface area contributed by atoms with E-state index in [2.05, 4.69) is 0 Å². The Labute approximate surface area is 408 Å². The summed E-state index contributed by atoms with van der Waals surface area (Å²) in [6, 6.07) is 0. The second kappa shape index (κ2) is 24.6. The number of hydrogen-bond acceptors (Lipinski definition) is 32. The molecule has 0 aromatic heterocycles. The lowest BCUT2D eigenvalue weighted by atomic mass is 9.94. The molecule has 32 nitrogen and oxygen atoms in total. The van der Waals surface area contributed by atoms with Gasteiger partial charge in [0.05, 0.1) is 39.6 Å². The van der Waals surface area contributed by atoms with Crippen LogP contribution in [0, 0.1) is 0 Å². The first-order chi connectivity index (χ1) is 34.5. The molecule has 0 radical (unpaired) electrons. The van der Waals surface area contributed by atoms with Crippen molar-refractivity contribution in [3.05, 3.63) is 0 Å². The lowest BCUT2D eigenvalue weighted by Crippen LogP contribution is -2.70. The lowest BCUT2D eigenvalue weighted by Gasteiger charge is -2.52. The van der Waals surface area contributed by atoms with Crippen molar-refractivity contribution in [2.45, 2.75) is 204 Å². The minimum absolute atomic E-state index is 0.0597. The SMILES string of the molecule is CCC(O)O[C@@H]1[C@@H](O)[C@H]2O[C@@H]3[C@@H]4OOO[C@@H]5[C@@H](O)[C@@H](O[C@H]1[C@@H](CO)O2)O[C@H](CO)[C@@H]5O[C@H]1O[C@H](CO)[C@H](O[C@H]2O[C@H](CO)[C@@H](O[C@H]5O[C@H](CO)[C@@H](O[C@@H](O[C@@H]3CO)[C@@H]4O)[C@H](O)[C@H]5O)[C@H](O)[C@H]2O)[C@H](OC)[C@H]1O. The van der Waals surface area contributed by atoms with E-state index >= 15 is 0 Å². The molecule has 13 rings (SSSR count). The molecule has 13 aliphatic rings. The van der Waals surface area contributed by atoms with Gasteiger partial charge in [-0.3, -0.25) is 0 Å². The summed E-state index contributed by atoms with van der Waals surface area (Å²) >= 11 is 0. The number of fused-ring (bicyclic) bond motifs is 3. The van der Waals surface area contributed by atoms with E-state index in [1.54, 1.807) is 0 Å². The highest BCUT2D eigenvalue weighted by Gasteiger charge is 2.60. The van der Waals surface area contributed by atoms with Gasteiger partial charge in [0.15, 0.2) is 56.2 Å². The zero-order valence-corrected chi connectivity index (χ0v) is 38.5. The highest BCUT2D eigenvalue weighted by molar-refractivity contribution is 5.02. The number of rotatable bonds is 10. The van der Waals surface area contributed by atoms with Crippen LogP contribution in [-0.4, -0.2) is 314 Å². The molecule has 0 saturated carbocycles. The van der Waals surface area contributed by atoms with Gasteiger partial charge >= 0.3 is 0 Å². The van der Waals surface area contributed by atoms with Gasteiger partial charge in [0, 0.05) is 7.11 Å². The Bertz CT molecular complexity index is 1680. The summed E-state index contributed by atoms with van der Waals surface area (Å²) in [5.74, 6) is 0. The van der Waals surface area contributed by atoms with Crippen LogP contribution in [0.2, 0.25) is 0 Å². The molecule has 15 N–H and O–H groups in total. The molecule has 0 aliphatic carbocycles. The van der Waals surface area contributed by atoms with Gasteiger partial charge in [-0.2, -0.15) is 9.78 Å². The normalized spacial score (nSPS) is 53.0. The Morgan fingerprint density at radius 3 is 1.00 bits per heavy atom. The van der Waals surface area contributed by atoms with Crippen molar-refractivity contribution in [3.8, 4) is 0 Å². The molecule has 0 spiro atoms. The molecule has 0 aromatic rings. The van der Waals surface area contributed by atoms with Gasteiger partial charge in [0.25, 0.3) is 0 Å². The molecular formula is C40H66O32. The largest absolute Gasteiger partial charge is 0.394 e. The minimum atomic E-state index is -2.22. The van der Waals surface area contributed by atoms with Crippen molar-refractivity contribution in [1.29, 1.82) is 0 Å². The lowest BCUT2D eigenvalue weighted by molar-refractivity contribution is -0.573. The predicted molar refractivity (Wildman–Crippen MR) is 215 cm³/mol. The maximum Gasteiger partial charge on any atom is 0.187 e. The molecule has 32 heteroatoms. The van der Waals surface area contributed by atoms with Gasteiger partial charge in [-0.25, -0.2) is 0 Å². The Hall–Kier alpha value is -1.28. The Morgan fingerprint density at radius 1 is 0.347 bits per heavy atom. The van der Waals surface area contributed by atoms with Gasteiger partial charge in [0.1, 0.15) is 134 Å². The van der Waals surface area contributed by atoms with E-state index in [1.807, 2.05) is 0 Å². The zero-order valence-electron chi connectivity index (χ0n) is 38.5. The van der Waals surface area contributed by atoms with Crippen LogP contribution in [0.5, 0.6) is 0 Å². The molecule has 13 fully saturated rings. The third-order valence-corrected chi connectivity index (χ3v) is 13.8. The summed E-state index contributed by atoms with van der Waals surface area (Å²) in [6.45, 7) is -4.32. The standard InChI is InChI=1S/C40H66O32/c1-3-16(47)63-32-22(53)38-60-13(7-44)28(32)67-40-24(55)34-29(15(9-46)62-40)68-37-21(52)31(56-2)27(12(6-43)59-37)66-36-20(51)18(49)25(10(4-41)58-36)64-35-19(50)17(48)26(11(5-42)57-35)65-39-23(54)33(70-72-71-34)30(69-38)14(8-45)61-39/h10-55H,3-9H2,1-2H3/t10-,11-,12-,13-,14-,15-,16?,17-,18-,19-,20-,21-,22-,23-,24-,25-,26-,27+,28+,29+,30+,31-,32-,33-,34-,35-,36-,37-,38-,39-,40-/m1/s1. The average molecular weight is 1060 g/mol. The van der Waals surface area contributed by atoms with Crippen LogP contribution in [0.25, 0.3) is 0 Å². The summed E-state index contributed by atoms with van der Waals surface area (Å²) in [7, 11) is 1.11. The number of aliphatic hydroxyl groups excluding tert-OH is 15. The molecular weight excluding hydrogens is 992 g/mol. The van der Waals surface area contributed by atoms with Gasteiger partial charge in [-0.1, -0.05) is 12.0 Å². The highest BCUT2D eigenvalue weighted by Crippen LogP contribution is 2.40. The molecule has 418 valence electrons. The van der Waals surface area contributed by atoms with E-state index in [1.165, 1.54) is 6.92 Å². The summed E-state index contributed by atoms with van der Waals surface area (Å²) in [6.07, 6.45) is -58.1. The molecule has 12 bridgehead atoms. The number of ether oxygens (including phenoxy) is 14. The summed E-state index contributed by atoms with van der Waals surface area (Å²) in [4.78, 5) is 11.2. The van der Waals surface area contributed by atoms with E-state index in [0.717, 1.165) is 7.11 Å². The van der Waals surface area contributed by atoms with E-state index in [-0.39, 0.29) is 6.42 Å². The van der Waals surface area contributed by atoms with Crippen LogP contribution in [0.3, 0.4) is 0 Å². The van der Waals surface area contributed by atoms with E-state index < -0.39 is 230 Å². The smallest absolute Gasteiger partial charge is 0.187 e. The third kappa shape index (κ3) is 11.1. The molecule has 13 saturated heterocycles. The highest BCUT2D eigenvalue weighted by atomic mass is 17.5. The maximum absolute atomic E-state index is 12.0. The molecule has 0 amide bonds. The van der Waals surface area contributed by atoms with Crippen molar-refractivity contribution in [1.82, 2.24) is 0 Å². The van der Waals surface area contributed by atoms with Gasteiger partial charge in [0.2, 0.25) is 0 Å². The fraction of sp³-hybridized carbons (Fsp3) is 1.00. The zero-order chi connectivity index (χ0) is 51.9. The molecule has 31 atom stereocenters. The maximum atomic E-state index is 12.0. The minimum Gasteiger partial charge on any atom is -0.394 e. The first-order valence-electron chi connectivity index (χ1n) is 23.4.